The summed E-state index contributed by atoms with van der Waals surface area (Å²) >= 11 is 0. The van der Waals surface area contributed by atoms with Gasteiger partial charge in [-0.1, -0.05) is 42.5 Å². The van der Waals surface area contributed by atoms with E-state index in [2.05, 4.69) is 0 Å². The van der Waals surface area contributed by atoms with Crippen LogP contribution in [0.3, 0.4) is 0 Å². The Kier molecular flexibility index (Phi) is 5.31. The van der Waals surface area contributed by atoms with Crippen LogP contribution in [-0.2, 0) is 25.6 Å². The Bertz CT molecular complexity index is 725. The SMILES string of the molecule is O=CCC(=O)CC(=O)CC(=O)Cc1cccc2ccccc12. The molecule has 4 heteroatoms. The fraction of sp³-hybridized carbons (Fsp3) is 0.222. The second-order valence-electron chi connectivity index (χ2n) is 5.16. The van der Waals surface area contributed by atoms with Crippen molar-refractivity contribution in [2.24, 2.45) is 0 Å². The molecule has 0 aliphatic rings. The zero-order valence-electron chi connectivity index (χ0n) is 12.1. The highest BCUT2D eigenvalue weighted by Gasteiger charge is 2.14. The van der Waals surface area contributed by atoms with Crippen molar-refractivity contribution in [1.82, 2.24) is 0 Å². The summed E-state index contributed by atoms with van der Waals surface area (Å²) in [4.78, 5) is 45.0. The minimum Gasteiger partial charge on any atom is -0.303 e. The summed E-state index contributed by atoms with van der Waals surface area (Å²) in [6.45, 7) is 0. The Morgan fingerprint density at radius 2 is 1.50 bits per heavy atom. The molecule has 0 saturated carbocycles. The van der Waals surface area contributed by atoms with Crippen molar-refractivity contribution >= 4 is 34.4 Å². The molecule has 0 radical (unpaired) electrons. The molecular formula is C18H16O4. The Balaban J connectivity index is 2.01. The number of Topliss-reactive ketones (excluding diaryl/α,β-unsaturated/α-hetero) is 3. The summed E-state index contributed by atoms with van der Waals surface area (Å²) in [5.74, 6) is -1.10. The molecule has 4 nitrogen and oxygen atoms in total. The fourth-order valence-corrected chi connectivity index (χ4v) is 2.39. The summed E-state index contributed by atoms with van der Waals surface area (Å²) in [5.41, 5.74) is 0.870. The third kappa shape index (κ3) is 4.19. The normalized spacial score (nSPS) is 10.4. The molecule has 0 aromatic heterocycles. The zero-order valence-corrected chi connectivity index (χ0v) is 12.1. The lowest BCUT2D eigenvalue weighted by molar-refractivity contribution is -0.130. The molecule has 0 heterocycles. The zero-order chi connectivity index (χ0) is 15.9. The van der Waals surface area contributed by atoms with E-state index in [4.69, 9.17) is 0 Å². The molecule has 2 rings (SSSR count). The van der Waals surface area contributed by atoms with Crippen LogP contribution in [0, 0.1) is 0 Å². The minimum atomic E-state index is -0.446. The van der Waals surface area contributed by atoms with Gasteiger partial charge < -0.3 is 4.79 Å². The topological polar surface area (TPSA) is 68.3 Å². The largest absolute Gasteiger partial charge is 0.303 e. The molecule has 2 aromatic rings. The number of carbonyl (C=O) groups excluding carboxylic acids is 4. The monoisotopic (exact) mass is 296 g/mol. The van der Waals surface area contributed by atoms with E-state index in [0.29, 0.717) is 6.29 Å². The molecular weight excluding hydrogens is 280 g/mol. The molecule has 22 heavy (non-hydrogen) atoms. The molecule has 2 aromatic carbocycles. The highest BCUT2D eigenvalue weighted by atomic mass is 16.2. The number of rotatable bonds is 8. The maximum atomic E-state index is 12.0. The number of hydrogen-bond acceptors (Lipinski definition) is 4. The molecule has 0 unspecified atom stereocenters. The minimum absolute atomic E-state index is 0.162. The molecule has 0 saturated heterocycles. The lowest BCUT2D eigenvalue weighted by Crippen LogP contribution is -2.14. The summed E-state index contributed by atoms with van der Waals surface area (Å²) in [5, 5.41) is 2.03. The van der Waals surface area contributed by atoms with Crippen molar-refractivity contribution in [3.05, 3.63) is 48.0 Å². The maximum absolute atomic E-state index is 12.0. The molecule has 0 amide bonds. The number of ketones is 3. The smallest absolute Gasteiger partial charge is 0.147 e. The number of carbonyl (C=O) groups is 4. The van der Waals surface area contributed by atoms with Gasteiger partial charge in [-0.2, -0.15) is 0 Å². The third-order valence-electron chi connectivity index (χ3n) is 3.37. The molecule has 0 N–H and O–H groups in total. The van der Waals surface area contributed by atoms with E-state index >= 15 is 0 Å². The van der Waals surface area contributed by atoms with Crippen molar-refractivity contribution in [2.45, 2.75) is 25.7 Å². The van der Waals surface area contributed by atoms with Crippen LogP contribution in [0.4, 0.5) is 0 Å². The Labute approximate surface area is 128 Å². The van der Waals surface area contributed by atoms with Crippen LogP contribution in [0.25, 0.3) is 10.8 Å². The van der Waals surface area contributed by atoms with Gasteiger partial charge in [0.05, 0.1) is 19.3 Å². The quantitative estimate of drug-likeness (QED) is 0.554. The summed E-state index contributed by atoms with van der Waals surface area (Å²) in [7, 11) is 0. The standard InChI is InChI=1S/C18H16O4/c19-9-8-15(20)11-17(22)12-16(21)10-14-6-3-5-13-4-1-2-7-18(13)14/h1-7,9H,8,10-12H2. The van der Waals surface area contributed by atoms with Crippen LogP contribution in [0.15, 0.2) is 42.5 Å². The predicted octanol–water partition coefficient (Wildman–Crippen LogP) is 2.46. The van der Waals surface area contributed by atoms with Crippen LogP contribution >= 0.6 is 0 Å². The predicted molar refractivity (Wildman–Crippen MR) is 82.6 cm³/mol. The maximum Gasteiger partial charge on any atom is 0.147 e. The fourth-order valence-electron chi connectivity index (χ4n) is 2.39. The molecule has 112 valence electrons. The van der Waals surface area contributed by atoms with Crippen molar-refractivity contribution in [1.29, 1.82) is 0 Å². The van der Waals surface area contributed by atoms with Crippen LogP contribution in [0.2, 0.25) is 0 Å². The van der Waals surface area contributed by atoms with Crippen molar-refractivity contribution in [3.63, 3.8) is 0 Å². The number of fused-ring (bicyclic) bond motifs is 1. The first-order chi connectivity index (χ1) is 10.6. The van der Waals surface area contributed by atoms with E-state index in [9.17, 15) is 19.2 Å². The van der Waals surface area contributed by atoms with Gasteiger partial charge in [0.1, 0.15) is 23.6 Å². The van der Waals surface area contributed by atoms with E-state index in [1.54, 1.807) is 0 Å². The second-order valence-corrected chi connectivity index (χ2v) is 5.16. The van der Waals surface area contributed by atoms with Gasteiger partial charge >= 0.3 is 0 Å². The van der Waals surface area contributed by atoms with Gasteiger partial charge in [0.2, 0.25) is 0 Å². The van der Waals surface area contributed by atoms with Crippen LogP contribution in [0.5, 0.6) is 0 Å². The van der Waals surface area contributed by atoms with E-state index in [1.165, 1.54) is 0 Å². The molecule has 0 atom stereocenters. The lowest BCUT2D eigenvalue weighted by Gasteiger charge is -2.05. The molecule has 0 aliphatic heterocycles. The third-order valence-corrected chi connectivity index (χ3v) is 3.37. The van der Waals surface area contributed by atoms with Crippen molar-refractivity contribution < 1.29 is 19.2 Å². The number of aldehydes is 1. The van der Waals surface area contributed by atoms with Crippen LogP contribution in [-0.4, -0.2) is 23.6 Å². The van der Waals surface area contributed by atoms with Gasteiger partial charge in [0.15, 0.2) is 0 Å². The first-order valence-corrected chi connectivity index (χ1v) is 7.05. The van der Waals surface area contributed by atoms with Gasteiger partial charge in [-0.05, 0) is 16.3 Å². The average molecular weight is 296 g/mol. The average Bonchev–Trinajstić information content (AvgIpc) is 2.47. The van der Waals surface area contributed by atoms with Gasteiger partial charge in [0.25, 0.3) is 0 Å². The summed E-state index contributed by atoms with van der Waals surface area (Å²) in [6, 6.07) is 13.4. The van der Waals surface area contributed by atoms with Gasteiger partial charge in [-0.15, -0.1) is 0 Å². The van der Waals surface area contributed by atoms with Crippen molar-refractivity contribution in [2.75, 3.05) is 0 Å². The summed E-state index contributed by atoms with van der Waals surface area (Å²) in [6.07, 6.45) is -0.264. The van der Waals surface area contributed by atoms with E-state index in [0.717, 1.165) is 16.3 Å². The second kappa shape index (κ2) is 7.41. The molecule has 0 bridgehead atoms. The Hall–Kier alpha value is -2.62. The first kappa shape index (κ1) is 15.8. The van der Waals surface area contributed by atoms with Gasteiger partial charge in [0, 0.05) is 6.42 Å². The molecule has 0 fully saturated rings. The number of hydrogen-bond donors (Lipinski definition) is 0. The van der Waals surface area contributed by atoms with E-state index in [1.807, 2.05) is 42.5 Å². The van der Waals surface area contributed by atoms with E-state index in [-0.39, 0.29) is 31.5 Å². The van der Waals surface area contributed by atoms with Gasteiger partial charge in [-0.25, -0.2) is 0 Å². The van der Waals surface area contributed by atoms with Crippen LogP contribution in [0.1, 0.15) is 24.8 Å². The molecule has 0 aliphatic carbocycles. The first-order valence-electron chi connectivity index (χ1n) is 7.05. The van der Waals surface area contributed by atoms with Crippen molar-refractivity contribution in [3.8, 4) is 0 Å². The summed E-state index contributed by atoms with van der Waals surface area (Å²) < 4.78 is 0. The molecule has 0 spiro atoms. The van der Waals surface area contributed by atoms with E-state index < -0.39 is 11.6 Å². The van der Waals surface area contributed by atoms with Crippen LogP contribution < -0.4 is 0 Å². The highest BCUT2D eigenvalue weighted by Crippen LogP contribution is 2.19. The van der Waals surface area contributed by atoms with Gasteiger partial charge in [-0.3, -0.25) is 14.4 Å². The lowest BCUT2D eigenvalue weighted by atomic mass is 9.98. The Morgan fingerprint density at radius 3 is 2.27 bits per heavy atom. The number of benzene rings is 2. The Morgan fingerprint density at radius 1 is 0.818 bits per heavy atom. The highest BCUT2D eigenvalue weighted by molar-refractivity contribution is 6.09.